The molecule has 1 fully saturated rings. The van der Waals surface area contributed by atoms with E-state index in [2.05, 4.69) is 31.1 Å². The van der Waals surface area contributed by atoms with E-state index in [1.807, 2.05) is 12.1 Å². The standard InChI is InChI=1S/C22H31N3O2S2/c1-22(2,3)21-23-19(16-28-21)15-24-10-5-11-25(13-12-24)29(26,27)20-9-8-17-6-4-7-18(17)14-20/h8-9,14,16H,4-7,10-13,15H2,1-3H3. The molecule has 2 heterocycles. The van der Waals surface area contributed by atoms with Crippen LogP contribution in [0, 0.1) is 0 Å². The van der Waals surface area contributed by atoms with E-state index >= 15 is 0 Å². The summed E-state index contributed by atoms with van der Waals surface area (Å²) in [7, 11) is -3.43. The Labute approximate surface area is 178 Å². The summed E-state index contributed by atoms with van der Waals surface area (Å²) < 4.78 is 28.1. The van der Waals surface area contributed by atoms with Crippen LogP contribution in [0.1, 0.15) is 55.4 Å². The number of nitrogens with zero attached hydrogens (tertiary/aromatic N) is 3. The minimum atomic E-state index is -3.43. The van der Waals surface area contributed by atoms with Crippen molar-refractivity contribution in [3.8, 4) is 0 Å². The van der Waals surface area contributed by atoms with Gasteiger partial charge in [-0.15, -0.1) is 11.3 Å². The van der Waals surface area contributed by atoms with Crippen LogP contribution >= 0.6 is 11.3 Å². The summed E-state index contributed by atoms with van der Waals surface area (Å²) in [4.78, 5) is 7.59. The first-order chi connectivity index (χ1) is 13.7. The van der Waals surface area contributed by atoms with Crippen LogP contribution in [0.5, 0.6) is 0 Å². The molecule has 0 bridgehead atoms. The molecule has 0 atom stereocenters. The lowest BCUT2D eigenvalue weighted by molar-refractivity contribution is 0.275. The van der Waals surface area contributed by atoms with E-state index in [-0.39, 0.29) is 5.41 Å². The van der Waals surface area contributed by atoms with Gasteiger partial charge in [-0.25, -0.2) is 13.4 Å². The van der Waals surface area contributed by atoms with Crippen molar-refractivity contribution < 1.29 is 8.42 Å². The molecule has 7 heteroatoms. The molecule has 1 aromatic carbocycles. The summed E-state index contributed by atoms with van der Waals surface area (Å²) >= 11 is 1.72. The predicted octanol–water partition coefficient (Wildman–Crippen LogP) is 3.83. The number of thiazole rings is 1. The van der Waals surface area contributed by atoms with Crippen molar-refractivity contribution in [1.82, 2.24) is 14.2 Å². The predicted molar refractivity (Wildman–Crippen MR) is 118 cm³/mol. The van der Waals surface area contributed by atoms with E-state index in [4.69, 9.17) is 4.98 Å². The Bertz CT molecular complexity index is 976. The van der Waals surface area contributed by atoms with Crippen molar-refractivity contribution in [2.75, 3.05) is 26.2 Å². The van der Waals surface area contributed by atoms with Crippen LogP contribution in [-0.2, 0) is 34.8 Å². The van der Waals surface area contributed by atoms with Crippen LogP contribution in [0.4, 0.5) is 0 Å². The fourth-order valence-electron chi connectivity index (χ4n) is 4.16. The van der Waals surface area contributed by atoms with Gasteiger partial charge in [-0.05, 0) is 55.5 Å². The summed E-state index contributed by atoms with van der Waals surface area (Å²) in [6.07, 6.45) is 4.05. The summed E-state index contributed by atoms with van der Waals surface area (Å²) in [6, 6.07) is 5.71. The van der Waals surface area contributed by atoms with E-state index in [9.17, 15) is 8.42 Å². The van der Waals surface area contributed by atoms with Gasteiger partial charge in [0.05, 0.1) is 15.6 Å². The molecule has 0 spiro atoms. The molecule has 1 saturated heterocycles. The van der Waals surface area contributed by atoms with Crippen LogP contribution in [0.2, 0.25) is 0 Å². The molecule has 0 radical (unpaired) electrons. The molecule has 4 rings (SSSR count). The second kappa shape index (κ2) is 8.10. The average molecular weight is 434 g/mol. The summed E-state index contributed by atoms with van der Waals surface area (Å²) in [5.41, 5.74) is 3.68. The van der Waals surface area contributed by atoms with Crippen molar-refractivity contribution in [3.05, 3.63) is 45.4 Å². The van der Waals surface area contributed by atoms with Crippen molar-refractivity contribution in [1.29, 1.82) is 0 Å². The van der Waals surface area contributed by atoms with Gasteiger partial charge in [0.15, 0.2) is 0 Å². The zero-order chi connectivity index (χ0) is 20.6. The van der Waals surface area contributed by atoms with Gasteiger partial charge in [0.2, 0.25) is 10.0 Å². The zero-order valence-electron chi connectivity index (χ0n) is 17.6. The van der Waals surface area contributed by atoms with Gasteiger partial charge in [0.1, 0.15) is 0 Å². The van der Waals surface area contributed by atoms with E-state index in [1.54, 1.807) is 21.7 Å². The van der Waals surface area contributed by atoms with Crippen molar-refractivity contribution >= 4 is 21.4 Å². The van der Waals surface area contributed by atoms with Gasteiger partial charge >= 0.3 is 0 Å². The number of sulfonamides is 1. The Kier molecular flexibility index (Phi) is 5.86. The van der Waals surface area contributed by atoms with Gasteiger partial charge in [-0.1, -0.05) is 26.8 Å². The van der Waals surface area contributed by atoms with Crippen molar-refractivity contribution in [2.45, 2.75) is 63.3 Å². The molecular formula is C22H31N3O2S2. The molecule has 2 aromatic rings. The normalized spacial score (nSPS) is 19.3. The first-order valence-corrected chi connectivity index (χ1v) is 12.8. The van der Waals surface area contributed by atoms with Gasteiger partial charge < -0.3 is 0 Å². The number of rotatable bonds is 4. The van der Waals surface area contributed by atoms with Crippen LogP contribution in [0.15, 0.2) is 28.5 Å². The molecule has 158 valence electrons. The summed E-state index contributed by atoms with van der Waals surface area (Å²) in [5, 5.41) is 3.30. The van der Waals surface area contributed by atoms with Gasteiger partial charge in [0, 0.05) is 37.0 Å². The van der Waals surface area contributed by atoms with E-state index in [1.165, 1.54) is 11.1 Å². The molecule has 29 heavy (non-hydrogen) atoms. The van der Waals surface area contributed by atoms with Crippen molar-refractivity contribution in [3.63, 3.8) is 0 Å². The largest absolute Gasteiger partial charge is 0.296 e. The third-order valence-corrected chi connectivity index (χ3v) is 9.05. The van der Waals surface area contributed by atoms with Gasteiger partial charge in [-0.3, -0.25) is 4.90 Å². The fraction of sp³-hybridized carbons (Fsp3) is 0.591. The smallest absolute Gasteiger partial charge is 0.243 e. The number of hydrogen-bond donors (Lipinski definition) is 0. The number of fused-ring (bicyclic) bond motifs is 1. The number of aromatic nitrogens is 1. The summed E-state index contributed by atoms with van der Waals surface area (Å²) in [6.45, 7) is 10.1. The molecule has 0 saturated carbocycles. The molecule has 1 aliphatic carbocycles. The average Bonchev–Trinajstić information content (AvgIpc) is 3.26. The monoisotopic (exact) mass is 433 g/mol. The maximum absolute atomic E-state index is 13.2. The Morgan fingerprint density at radius 2 is 1.83 bits per heavy atom. The third-order valence-electron chi connectivity index (χ3n) is 5.83. The molecule has 0 amide bonds. The van der Waals surface area contributed by atoms with Crippen LogP contribution in [0.25, 0.3) is 0 Å². The molecule has 1 aliphatic heterocycles. The topological polar surface area (TPSA) is 53.5 Å². The minimum Gasteiger partial charge on any atom is -0.296 e. The number of benzene rings is 1. The SMILES string of the molecule is CC(C)(C)c1nc(CN2CCCN(S(=O)(=O)c3ccc4c(c3)CCC4)CC2)cs1. The zero-order valence-corrected chi connectivity index (χ0v) is 19.3. The van der Waals surface area contributed by atoms with E-state index in [0.29, 0.717) is 18.0 Å². The lowest BCUT2D eigenvalue weighted by Gasteiger charge is -2.21. The van der Waals surface area contributed by atoms with Gasteiger partial charge in [-0.2, -0.15) is 4.31 Å². The molecule has 2 aliphatic rings. The fourth-order valence-corrected chi connectivity index (χ4v) is 6.58. The highest BCUT2D eigenvalue weighted by molar-refractivity contribution is 7.89. The van der Waals surface area contributed by atoms with Crippen LogP contribution in [-0.4, -0.2) is 48.8 Å². The maximum atomic E-state index is 13.2. The highest BCUT2D eigenvalue weighted by Gasteiger charge is 2.28. The molecule has 5 nitrogen and oxygen atoms in total. The van der Waals surface area contributed by atoms with Crippen molar-refractivity contribution in [2.24, 2.45) is 0 Å². The van der Waals surface area contributed by atoms with Gasteiger partial charge in [0.25, 0.3) is 0 Å². The summed E-state index contributed by atoms with van der Waals surface area (Å²) in [5.74, 6) is 0. The highest BCUT2D eigenvalue weighted by atomic mass is 32.2. The van der Waals surface area contributed by atoms with Crippen LogP contribution < -0.4 is 0 Å². The Morgan fingerprint density at radius 1 is 1.03 bits per heavy atom. The van der Waals surface area contributed by atoms with E-state index < -0.39 is 10.0 Å². The molecule has 1 aromatic heterocycles. The number of hydrogen-bond acceptors (Lipinski definition) is 5. The second-order valence-electron chi connectivity index (χ2n) is 9.21. The first kappa shape index (κ1) is 21.0. The quantitative estimate of drug-likeness (QED) is 0.735. The molecule has 0 N–H and O–H groups in total. The molecule has 0 unspecified atom stereocenters. The third kappa shape index (κ3) is 4.58. The van der Waals surface area contributed by atoms with Crippen LogP contribution in [0.3, 0.4) is 0 Å². The second-order valence-corrected chi connectivity index (χ2v) is 12.0. The Morgan fingerprint density at radius 3 is 2.59 bits per heavy atom. The van der Waals surface area contributed by atoms with E-state index in [0.717, 1.165) is 56.0 Å². The lowest BCUT2D eigenvalue weighted by Crippen LogP contribution is -2.35. The minimum absolute atomic E-state index is 0.0719. The maximum Gasteiger partial charge on any atom is 0.243 e. The Balaban J connectivity index is 1.42. The highest BCUT2D eigenvalue weighted by Crippen LogP contribution is 2.28. The lowest BCUT2D eigenvalue weighted by atomic mass is 9.98. The first-order valence-electron chi connectivity index (χ1n) is 10.5. The molecular weight excluding hydrogens is 402 g/mol. The number of aryl methyl sites for hydroxylation is 2. The Hall–Kier alpha value is -1.28.